The highest BCUT2D eigenvalue weighted by Crippen LogP contribution is 2.26. The highest BCUT2D eigenvalue weighted by atomic mass is 16.3. The maximum atomic E-state index is 12.0. The van der Waals surface area contributed by atoms with Crippen molar-refractivity contribution in [2.45, 2.75) is 46.0 Å². The van der Waals surface area contributed by atoms with Crippen molar-refractivity contribution in [3.05, 3.63) is 35.4 Å². The molecule has 0 bridgehead atoms. The van der Waals surface area contributed by atoms with Gasteiger partial charge in [0.25, 0.3) is 5.91 Å². The van der Waals surface area contributed by atoms with Crippen LogP contribution in [-0.2, 0) is 5.41 Å². The zero-order valence-electron chi connectivity index (χ0n) is 13.1. The van der Waals surface area contributed by atoms with Crippen LogP contribution in [0, 0.1) is 5.92 Å². The zero-order chi connectivity index (χ0) is 15.2. The van der Waals surface area contributed by atoms with Crippen molar-refractivity contribution >= 4 is 5.91 Å². The van der Waals surface area contributed by atoms with Crippen molar-refractivity contribution in [2.24, 2.45) is 5.92 Å². The number of aliphatic hydroxyl groups excluding tert-OH is 1. The molecule has 1 amide bonds. The third-order valence-electron chi connectivity index (χ3n) is 4.05. The minimum absolute atomic E-state index is 0.0457. The molecule has 1 atom stereocenters. The third kappa shape index (κ3) is 4.64. The number of carbonyl (C=O) groups is 1. The fourth-order valence-corrected chi connectivity index (χ4v) is 1.97. The summed E-state index contributed by atoms with van der Waals surface area (Å²) in [4.78, 5) is 12.0. The van der Waals surface area contributed by atoms with Crippen LogP contribution in [0.2, 0.25) is 0 Å². The van der Waals surface area contributed by atoms with Gasteiger partial charge in [-0.05, 0) is 41.9 Å². The summed E-state index contributed by atoms with van der Waals surface area (Å²) in [6.07, 6.45) is 1.78. The van der Waals surface area contributed by atoms with Gasteiger partial charge >= 0.3 is 0 Å². The standard InChI is InChI=1S/C17H27NO2/c1-5-17(3,4)15-8-6-14(7-9-15)16(20)18-12-13(2)10-11-19/h6-9,13,19H,5,10-12H2,1-4H3,(H,18,20). The van der Waals surface area contributed by atoms with E-state index in [9.17, 15) is 4.79 Å². The molecule has 0 aromatic heterocycles. The molecule has 0 saturated carbocycles. The molecule has 0 aliphatic rings. The highest BCUT2D eigenvalue weighted by Gasteiger charge is 2.18. The number of rotatable bonds is 7. The van der Waals surface area contributed by atoms with Crippen LogP contribution in [0.25, 0.3) is 0 Å². The monoisotopic (exact) mass is 277 g/mol. The number of amides is 1. The minimum atomic E-state index is -0.0457. The summed E-state index contributed by atoms with van der Waals surface area (Å²) in [5.74, 6) is 0.248. The Kier molecular flexibility index (Phi) is 6.21. The van der Waals surface area contributed by atoms with E-state index in [1.807, 2.05) is 31.2 Å². The predicted molar refractivity (Wildman–Crippen MR) is 83.0 cm³/mol. The Morgan fingerprint density at radius 2 is 1.90 bits per heavy atom. The molecule has 3 heteroatoms. The number of aliphatic hydroxyl groups is 1. The van der Waals surface area contributed by atoms with Gasteiger partial charge in [0.2, 0.25) is 0 Å². The molecule has 0 radical (unpaired) electrons. The maximum Gasteiger partial charge on any atom is 0.251 e. The molecular formula is C17H27NO2. The maximum absolute atomic E-state index is 12.0. The lowest BCUT2D eigenvalue weighted by molar-refractivity contribution is 0.0945. The molecule has 1 rings (SSSR count). The van der Waals surface area contributed by atoms with Crippen LogP contribution in [0.3, 0.4) is 0 Å². The zero-order valence-corrected chi connectivity index (χ0v) is 13.1. The van der Waals surface area contributed by atoms with E-state index >= 15 is 0 Å². The average Bonchev–Trinajstić information content (AvgIpc) is 2.45. The van der Waals surface area contributed by atoms with Crippen molar-refractivity contribution in [3.8, 4) is 0 Å². The first-order chi connectivity index (χ1) is 9.40. The van der Waals surface area contributed by atoms with E-state index in [0.29, 0.717) is 24.4 Å². The molecule has 20 heavy (non-hydrogen) atoms. The number of hydrogen-bond donors (Lipinski definition) is 2. The van der Waals surface area contributed by atoms with Crippen LogP contribution in [0.15, 0.2) is 24.3 Å². The first-order valence-corrected chi connectivity index (χ1v) is 7.40. The Morgan fingerprint density at radius 1 is 1.30 bits per heavy atom. The summed E-state index contributed by atoms with van der Waals surface area (Å²) in [5, 5.41) is 11.7. The molecule has 1 unspecified atom stereocenters. The summed E-state index contributed by atoms with van der Waals surface area (Å²) in [7, 11) is 0. The first kappa shape index (κ1) is 16.7. The van der Waals surface area contributed by atoms with E-state index in [4.69, 9.17) is 5.11 Å². The van der Waals surface area contributed by atoms with Crippen molar-refractivity contribution < 1.29 is 9.90 Å². The first-order valence-electron chi connectivity index (χ1n) is 7.40. The smallest absolute Gasteiger partial charge is 0.251 e. The second-order valence-electron chi connectivity index (χ2n) is 6.14. The van der Waals surface area contributed by atoms with Gasteiger partial charge in [0, 0.05) is 18.7 Å². The second kappa shape index (κ2) is 7.44. The number of benzene rings is 1. The average molecular weight is 277 g/mol. The van der Waals surface area contributed by atoms with Crippen LogP contribution in [0.4, 0.5) is 0 Å². The number of nitrogens with one attached hydrogen (secondary N) is 1. The molecule has 0 aliphatic carbocycles. The molecular weight excluding hydrogens is 250 g/mol. The van der Waals surface area contributed by atoms with E-state index in [0.717, 1.165) is 6.42 Å². The normalized spacial score (nSPS) is 13.1. The second-order valence-corrected chi connectivity index (χ2v) is 6.14. The lowest BCUT2D eigenvalue weighted by Crippen LogP contribution is -2.28. The molecule has 1 aromatic rings. The Hall–Kier alpha value is -1.35. The van der Waals surface area contributed by atoms with Gasteiger partial charge in [-0.25, -0.2) is 0 Å². The van der Waals surface area contributed by atoms with Gasteiger partial charge in [0.1, 0.15) is 0 Å². The SMILES string of the molecule is CCC(C)(C)c1ccc(C(=O)NCC(C)CCO)cc1. The lowest BCUT2D eigenvalue weighted by Gasteiger charge is -2.23. The number of carbonyl (C=O) groups excluding carboxylic acids is 1. The van der Waals surface area contributed by atoms with E-state index in [-0.39, 0.29) is 17.9 Å². The van der Waals surface area contributed by atoms with Gasteiger partial charge in [0.05, 0.1) is 0 Å². The van der Waals surface area contributed by atoms with Crippen molar-refractivity contribution in [2.75, 3.05) is 13.2 Å². The molecule has 0 aliphatic heterocycles. The highest BCUT2D eigenvalue weighted by molar-refractivity contribution is 5.94. The summed E-state index contributed by atoms with van der Waals surface area (Å²) in [5.41, 5.74) is 2.09. The van der Waals surface area contributed by atoms with Crippen LogP contribution >= 0.6 is 0 Å². The molecule has 112 valence electrons. The Morgan fingerprint density at radius 3 is 2.40 bits per heavy atom. The Labute approximate surface area is 122 Å². The Balaban J connectivity index is 2.62. The van der Waals surface area contributed by atoms with Gasteiger partial charge < -0.3 is 10.4 Å². The van der Waals surface area contributed by atoms with Gasteiger partial charge in [-0.3, -0.25) is 4.79 Å². The fourth-order valence-electron chi connectivity index (χ4n) is 1.97. The molecule has 3 nitrogen and oxygen atoms in total. The third-order valence-corrected chi connectivity index (χ3v) is 4.05. The molecule has 2 N–H and O–H groups in total. The van der Waals surface area contributed by atoms with E-state index < -0.39 is 0 Å². The fraction of sp³-hybridized carbons (Fsp3) is 0.588. The van der Waals surface area contributed by atoms with Gasteiger partial charge in [-0.2, -0.15) is 0 Å². The van der Waals surface area contributed by atoms with Crippen molar-refractivity contribution in [1.29, 1.82) is 0 Å². The molecule has 0 heterocycles. The summed E-state index contributed by atoms with van der Waals surface area (Å²) in [6, 6.07) is 7.85. The van der Waals surface area contributed by atoms with Crippen LogP contribution in [0.1, 0.15) is 56.5 Å². The van der Waals surface area contributed by atoms with Crippen LogP contribution in [-0.4, -0.2) is 24.2 Å². The summed E-state index contributed by atoms with van der Waals surface area (Å²) in [6.45, 7) is 9.36. The number of hydrogen-bond acceptors (Lipinski definition) is 2. The Bertz CT molecular complexity index is 423. The predicted octanol–water partition coefficient (Wildman–Crippen LogP) is 3.12. The van der Waals surface area contributed by atoms with E-state index in [1.54, 1.807) is 0 Å². The van der Waals surface area contributed by atoms with Gasteiger partial charge in [0.15, 0.2) is 0 Å². The van der Waals surface area contributed by atoms with Crippen molar-refractivity contribution in [3.63, 3.8) is 0 Å². The molecule has 0 fully saturated rings. The lowest BCUT2D eigenvalue weighted by atomic mass is 9.82. The molecule has 1 aromatic carbocycles. The van der Waals surface area contributed by atoms with E-state index in [2.05, 4.69) is 26.1 Å². The van der Waals surface area contributed by atoms with Crippen molar-refractivity contribution in [1.82, 2.24) is 5.32 Å². The molecule has 0 saturated heterocycles. The quantitative estimate of drug-likeness (QED) is 0.804. The van der Waals surface area contributed by atoms with Gasteiger partial charge in [-0.15, -0.1) is 0 Å². The van der Waals surface area contributed by atoms with Crippen LogP contribution < -0.4 is 5.32 Å². The van der Waals surface area contributed by atoms with E-state index in [1.165, 1.54) is 5.56 Å². The largest absolute Gasteiger partial charge is 0.396 e. The molecule has 0 spiro atoms. The summed E-state index contributed by atoms with van der Waals surface area (Å²) >= 11 is 0. The topological polar surface area (TPSA) is 49.3 Å². The summed E-state index contributed by atoms with van der Waals surface area (Å²) < 4.78 is 0. The minimum Gasteiger partial charge on any atom is -0.396 e. The van der Waals surface area contributed by atoms with Gasteiger partial charge in [-0.1, -0.05) is 39.8 Å². The van der Waals surface area contributed by atoms with Crippen LogP contribution in [0.5, 0.6) is 0 Å².